The van der Waals surface area contributed by atoms with E-state index >= 15 is 0 Å². The maximum absolute atomic E-state index is 12.6. The van der Waals surface area contributed by atoms with Crippen molar-refractivity contribution < 1.29 is 31.6 Å². The van der Waals surface area contributed by atoms with E-state index in [0.717, 1.165) is 5.56 Å². The van der Waals surface area contributed by atoms with Crippen LogP contribution in [0.15, 0.2) is 76.2 Å². The Bertz CT molecular complexity index is 1460. The Morgan fingerprint density at radius 2 is 1.60 bits per heavy atom. The van der Waals surface area contributed by atoms with Crippen molar-refractivity contribution in [2.45, 2.75) is 11.8 Å². The van der Waals surface area contributed by atoms with Gasteiger partial charge >= 0.3 is 16.1 Å². The second kappa shape index (κ2) is 9.81. The van der Waals surface area contributed by atoms with Crippen molar-refractivity contribution in [2.75, 3.05) is 14.2 Å². The fraction of sp³-hybridized carbons (Fsp3) is 0.120. The highest BCUT2D eigenvalue weighted by molar-refractivity contribution is 7.87. The fourth-order valence-electron chi connectivity index (χ4n) is 3.24. The molecule has 8 nitrogen and oxygen atoms in total. The van der Waals surface area contributed by atoms with Crippen LogP contribution >= 0.6 is 11.6 Å². The average molecular weight is 514 g/mol. The van der Waals surface area contributed by atoms with Crippen molar-refractivity contribution in [1.29, 1.82) is 0 Å². The molecule has 0 fully saturated rings. The molecule has 0 unspecified atom stereocenters. The van der Waals surface area contributed by atoms with Crippen LogP contribution in [0.1, 0.15) is 16.7 Å². The van der Waals surface area contributed by atoms with Crippen LogP contribution in [-0.2, 0) is 19.6 Å². The molecular weight excluding hydrogens is 494 g/mol. The van der Waals surface area contributed by atoms with Gasteiger partial charge in [0.25, 0.3) is 0 Å². The Labute approximate surface area is 207 Å². The second-order valence-corrected chi connectivity index (χ2v) is 9.42. The van der Waals surface area contributed by atoms with Crippen molar-refractivity contribution in [3.8, 4) is 17.2 Å². The van der Waals surface area contributed by atoms with Crippen LogP contribution in [0, 0.1) is 6.92 Å². The van der Waals surface area contributed by atoms with Crippen LogP contribution in [0.3, 0.4) is 0 Å². The van der Waals surface area contributed by atoms with E-state index in [-0.39, 0.29) is 28.0 Å². The molecule has 10 heteroatoms. The fourth-order valence-corrected chi connectivity index (χ4v) is 4.36. The van der Waals surface area contributed by atoms with Gasteiger partial charge in [0.2, 0.25) is 5.90 Å². The molecule has 0 saturated carbocycles. The predicted molar refractivity (Wildman–Crippen MR) is 131 cm³/mol. The standard InChI is InChI=1S/C25H20ClNO7S/c1-15-4-8-18(9-5-15)35(29,30)34-22-10-6-16(13-23(22)32-3)12-20-25(28)33-24(27-20)19-14-17(26)7-11-21(19)31-2/h4-14H,1-3H3/b20-12-. The molecule has 1 heterocycles. The summed E-state index contributed by atoms with van der Waals surface area (Å²) < 4.78 is 46.5. The van der Waals surface area contributed by atoms with Gasteiger partial charge in [0.05, 0.1) is 19.8 Å². The van der Waals surface area contributed by atoms with Crippen LogP contribution in [0.25, 0.3) is 6.08 Å². The maximum atomic E-state index is 12.6. The lowest BCUT2D eigenvalue weighted by atomic mass is 10.1. The average Bonchev–Trinajstić information content (AvgIpc) is 3.20. The van der Waals surface area contributed by atoms with E-state index in [0.29, 0.717) is 21.9 Å². The topological polar surface area (TPSA) is 100 Å². The van der Waals surface area contributed by atoms with Crippen LogP contribution < -0.4 is 13.7 Å². The minimum atomic E-state index is -4.07. The minimum absolute atomic E-state index is 0.00271. The summed E-state index contributed by atoms with van der Waals surface area (Å²) in [5, 5.41) is 0.429. The third-order valence-corrected chi connectivity index (χ3v) is 6.50. The first-order chi connectivity index (χ1) is 16.7. The number of hydrogen-bond acceptors (Lipinski definition) is 8. The Morgan fingerprint density at radius 1 is 0.914 bits per heavy atom. The quantitative estimate of drug-likeness (QED) is 0.254. The summed E-state index contributed by atoms with van der Waals surface area (Å²) in [5.74, 6) is -0.0145. The first-order valence-electron chi connectivity index (χ1n) is 10.3. The number of rotatable bonds is 7. The van der Waals surface area contributed by atoms with Gasteiger partial charge in [-0.1, -0.05) is 35.4 Å². The van der Waals surface area contributed by atoms with E-state index in [1.807, 2.05) is 6.92 Å². The predicted octanol–water partition coefficient (Wildman–Crippen LogP) is 4.78. The third kappa shape index (κ3) is 5.31. The zero-order valence-corrected chi connectivity index (χ0v) is 20.5. The molecule has 0 atom stereocenters. The number of carbonyl (C=O) groups excluding carboxylic acids is 1. The van der Waals surface area contributed by atoms with E-state index in [2.05, 4.69) is 4.99 Å². The molecule has 0 spiro atoms. The van der Waals surface area contributed by atoms with E-state index < -0.39 is 16.1 Å². The largest absolute Gasteiger partial charge is 0.496 e. The van der Waals surface area contributed by atoms with E-state index in [1.54, 1.807) is 36.4 Å². The molecule has 0 aliphatic carbocycles. The number of methoxy groups -OCH3 is 2. The SMILES string of the molecule is COc1cc(/C=C2\N=C(c3cc(Cl)ccc3OC)OC2=O)ccc1OS(=O)(=O)c1ccc(C)cc1. The molecule has 4 rings (SSSR count). The van der Waals surface area contributed by atoms with E-state index in [1.165, 1.54) is 44.6 Å². The van der Waals surface area contributed by atoms with Gasteiger partial charge in [0.15, 0.2) is 17.2 Å². The summed E-state index contributed by atoms with van der Waals surface area (Å²) in [7, 11) is -1.21. The molecule has 0 saturated heterocycles. The van der Waals surface area contributed by atoms with E-state index in [4.69, 9.17) is 30.0 Å². The molecule has 1 aliphatic heterocycles. The zero-order valence-electron chi connectivity index (χ0n) is 18.9. The molecule has 0 radical (unpaired) electrons. The van der Waals surface area contributed by atoms with Gasteiger partial charge in [-0.2, -0.15) is 8.42 Å². The number of nitrogens with zero attached hydrogens (tertiary/aromatic N) is 1. The summed E-state index contributed by atoms with van der Waals surface area (Å²) >= 11 is 6.06. The number of benzene rings is 3. The molecule has 0 N–H and O–H groups in total. The number of esters is 1. The van der Waals surface area contributed by atoms with Crippen LogP contribution in [0.2, 0.25) is 5.02 Å². The molecular formula is C25H20ClNO7S. The molecule has 3 aromatic rings. The van der Waals surface area contributed by atoms with Crippen molar-refractivity contribution in [2.24, 2.45) is 4.99 Å². The van der Waals surface area contributed by atoms with Gasteiger partial charge in [0.1, 0.15) is 10.6 Å². The van der Waals surface area contributed by atoms with Gasteiger partial charge < -0.3 is 18.4 Å². The number of halogens is 1. The molecule has 1 aliphatic rings. The van der Waals surface area contributed by atoms with Crippen molar-refractivity contribution in [3.05, 3.63) is 88.1 Å². The van der Waals surface area contributed by atoms with E-state index in [9.17, 15) is 13.2 Å². The molecule has 0 aromatic heterocycles. The molecule has 3 aromatic carbocycles. The van der Waals surface area contributed by atoms with Gasteiger partial charge in [-0.25, -0.2) is 9.79 Å². The lowest BCUT2D eigenvalue weighted by Gasteiger charge is -2.11. The number of cyclic esters (lactones) is 1. The highest BCUT2D eigenvalue weighted by Gasteiger charge is 2.27. The lowest BCUT2D eigenvalue weighted by Crippen LogP contribution is -2.10. The summed E-state index contributed by atoms with van der Waals surface area (Å²) in [6.07, 6.45) is 1.48. The minimum Gasteiger partial charge on any atom is -0.496 e. The number of aliphatic imine (C=N–C) groups is 1. The van der Waals surface area contributed by atoms with Crippen LogP contribution in [0.4, 0.5) is 0 Å². The Balaban J connectivity index is 1.63. The van der Waals surface area contributed by atoms with Crippen LogP contribution in [0.5, 0.6) is 17.2 Å². The highest BCUT2D eigenvalue weighted by Crippen LogP contribution is 2.33. The van der Waals surface area contributed by atoms with Gasteiger partial charge in [-0.15, -0.1) is 0 Å². The zero-order chi connectivity index (χ0) is 25.2. The third-order valence-electron chi connectivity index (χ3n) is 5.01. The molecule has 180 valence electrons. The smallest absolute Gasteiger partial charge is 0.363 e. The van der Waals surface area contributed by atoms with Crippen LogP contribution in [-0.4, -0.2) is 34.5 Å². The lowest BCUT2D eigenvalue weighted by molar-refractivity contribution is -0.129. The molecule has 35 heavy (non-hydrogen) atoms. The Morgan fingerprint density at radius 3 is 2.29 bits per heavy atom. The van der Waals surface area contributed by atoms with Gasteiger partial charge in [-0.05, 0) is 61.0 Å². The molecule has 0 bridgehead atoms. The summed E-state index contributed by atoms with van der Waals surface area (Å²) in [4.78, 5) is 16.7. The van der Waals surface area contributed by atoms with Gasteiger partial charge in [-0.3, -0.25) is 0 Å². The normalized spacial score (nSPS) is 14.5. The molecule has 0 amide bonds. The highest BCUT2D eigenvalue weighted by atomic mass is 35.5. The monoisotopic (exact) mass is 513 g/mol. The van der Waals surface area contributed by atoms with Gasteiger partial charge in [0, 0.05) is 5.02 Å². The number of carbonyl (C=O) groups is 1. The summed E-state index contributed by atoms with van der Waals surface area (Å²) in [6.45, 7) is 1.85. The second-order valence-electron chi connectivity index (χ2n) is 7.44. The first-order valence-corrected chi connectivity index (χ1v) is 12.0. The summed E-state index contributed by atoms with van der Waals surface area (Å²) in [6, 6.07) is 15.7. The number of aryl methyl sites for hydroxylation is 1. The Hall–Kier alpha value is -3.82. The maximum Gasteiger partial charge on any atom is 0.363 e. The van der Waals surface area contributed by atoms with Crippen molar-refractivity contribution >= 4 is 39.7 Å². The number of ether oxygens (including phenoxy) is 3. The number of hydrogen-bond donors (Lipinski definition) is 0. The summed E-state index contributed by atoms with van der Waals surface area (Å²) in [5.41, 5.74) is 1.89. The van der Waals surface area contributed by atoms with Crippen molar-refractivity contribution in [1.82, 2.24) is 0 Å². The van der Waals surface area contributed by atoms with Crippen molar-refractivity contribution in [3.63, 3.8) is 0 Å². The first kappa shape index (κ1) is 24.3. The Kier molecular flexibility index (Phi) is 6.81.